The fourth-order valence-electron chi connectivity index (χ4n) is 0.548. The molecule has 0 aliphatic rings. The summed E-state index contributed by atoms with van der Waals surface area (Å²) in [5.74, 6) is 0. The molecule has 0 heterocycles. The van der Waals surface area contributed by atoms with Crippen molar-refractivity contribution in [1.29, 1.82) is 0 Å². The molecule has 70 valence electrons. The lowest BCUT2D eigenvalue weighted by atomic mass is 10.7. The van der Waals surface area contributed by atoms with Crippen molar-refractivity contribution >= 4 is 0 Å². The first kappa shape index (κ1) is 10.8. The van der Waals surface area contributed by atoms with E-state index in [9.17, 15) is 0 Å². The largest absolute Gasteiger partial charge is 0.382 e. The molecule has 0 bridgehead atoms. The van der Waals surface area contributed by atoms with Crippen molar-refractivity contribution in [3.05, 3.63) is 0 Å². The van der Waals surface area contributed by atoms with Gasteiger partial charge in [-0.1, -0.05) is 0 Å². The molecule has 0 unspecified atom stereocenters. The van der Waals surface area contributed by atoms with Crippen LogP contribution in [0.1, 0.15) is 1.43 Å². The van der Waals surface area contributed by atoms with E-state index in [4.69, 9.17) is 19.9 Å². The van der Waals surface area contributed by atoms with Crippen LogP contribution in [0.15, 0.2) is 0 Å². The Bertz CT molecular complexity index is 67.7. The molecule has 0 spiro atoms. The zero-order chi connectivity index (χ0) is 8.36. The molecule has 0 saturated carbocycles. The van der Waals surface area contributed by atoms with Crippen molar-refractivity contribution in [3.8, 4) is 0 Å². The molecule has 0 fully saturated rings. The average molecular weight is 165 g/mol. The maximum atomic E-state index is 5.21. The Morgan fingerprint density at radius 1 is 1.00 bits per heavy atom. The number of hydrogen-bond acceptors (Lipinski definition) is 4. The standard InChI is InChI=1S/C7H17NO3.H2/c1-9-4-5-11-7-6-10-3-2-8;/h2-8H2,1H3;1H. The third-order valence-electron chi connectivity index (χ3n) is 1.07. The number of rotatable bonds is 8. The Labute approximate surface area is 69.1 Å². The number of nitrogens with two attached hydrogens (primary N) is 1. The number of methoxy groups -OCH3 is 1. The predicted octanol–water partition coefficient (Wildman–Crippen LogP) is -0.129. The zero-order valence-electron chi connectivity index (χ0n) is 7.04. The van der Waals surface area contributed by atoms with Crippen LogP contribution in [-0.2, 0) is 14.2 Å². The van der Waals surface area contributed by atoms with Gasteiger partial charge in [-0.25, -0.2) is 0 Å². The molecule has 0 rings (SSSR count). The summed E-state index contributed by atoms with van der Waals surface area (Å²) in [5, 5.41) is 0. The van der Waals surface area contributed by atoms with Crippen LogP contribution in [0.5, 0.6) is 0 Å². The normalized spacial score (nSPS) is 10.4. The highest BCUT2D eigenvalue weighted by Crippen LogP contribution is 1.78. The molecule has 0 aromatic carbocycles. The van der Waals surface area contributed by atoms with Gasteiger partial charge in [-0.2, -0.15) is 0 Å². The molecule has 0 aliphatic heterocycles. The van der Waals surface area contributed by atoms with Crippen LogP contribution < -0.4 is 5.73 Å². The summed E-state index contributed by atoms with van der Waals surface area (Å²) < 4.78 is 15.0. The van der Waals surface area contributed by atoms with E-state index in [0.29, 0.717) is 39.6 Å². The van der Waals surface area contributed by atoms with Crippen molar-refractivity contribution in [1.82, 2.24) is 0 Å². The third kappa shape index (κ3) is 9.84. The van der Waals surface area contributed by atoms with E-state index in [1.165, 1.54) is 0 Å². The topological polar surface area (TPSA) is 53.7 Å². The van der Waals surface area contributed by atoms with Crippen molar-refractivity contribution in [2.24, 2.45) is 5.73 Å². The van der Waals surface area contributed by atoms with Gasteiger partial charge in [0.2, 0.25) is 0 Å². The summed E-state index contributed by atoms with van der Waals surface area (Å²) in [6, 6.07) is 0. The Kier molecular flexibility index (Phi) is 9.70. The van der Waals surface area contributed by atoms with Crippen molar-refractivity contribution in [2.45, 2.75) is 0 Å². The highest BCUT2D eigenvalue weighted by molar-refractivity contribution is 4.33. The summed E-state index contributed by atoms with van der Waals surface area (Å²) in [4.78, 5) is 0. The van der Waals surface area contributed by atoms with E-state index in [1.54, 1.807) is 7.11 Å². The van der Waals surface area contributed by atoms with Crippen LogP contribution >= 0.6 is 0 Å². The molecule has 0 aromatic heterocycles. The SMILES string of the molecule is COCCOCCOCCN.[HH]. The minimum atomic E-state index is 0. The molecule has 0 saturated heterocycles. The molecular formula is C7H19NO3. The second-order valence-electron chi connectivity index (χ2n) is 2.01. The third-order valence-corrected chi connectivity index (χ3v) is 1.07. The molecule has 4 heteroatoms. The molecule has 0 aromatic rings. The predicted molar refractivity (Wildman–Crippen MR) is 44.7 cm³/mol. The Morgan fingerprint density at radius 2 is 1.55 bits per heavy atom. The Hall–Kier alpha value is -0.160. The molecule has 0 radical (unpaired) electrons. The summed E-state index contributed by atoms with van der Waals surface area (Å²) in [6.07, 6.45) is 0. The Morgan fingerprint density at radius 3 is 2.09 bits per heavy atom. The monoisotopic (exact) mass is 165 g/mol. The maximum Gasteiger partial charge on any atom is 0.0701 e. The average Bonchev–Trinajstić information content (AvgIpc) is 2.03. The van der Waals surface area contributed by atoms with Crippen LogP contribution in [0.2, 0.25) is 0 Å². The van der Waals surface area contributed by atoms with Gasteiger partial charge in [-0.05, 0) is 0 Å². The van der Waals surface area contributed by atoms with E-state index in [1.807, 2.05) is 0 Å². The molecule has 0 aliphatic carbocycles. The highest BCUT2D eigenvalue weighted by Gasteiger charge is 1.87. The van der Waals surface area contributed by atoms with E-state index >= 15 is 0 Å². The van der Waals surface area contributed by atoms with Gasteiger partial charge < -0.3 is 19.9 Å². The van der Waals surface area contributed by atoms with E-state index < -0.39 is 0 Å². The van der Waals surface area contributed by atoms with Gasteiger partial charge in [-0.3, -0.25) is 0 Å². The van der Waals surface area contributed by atoms with Crippen molar-refractivity contribution < 1.29 is 15.6 Å². The second-order valence-corrected chi connectivity index (χ2v) is 2.01. The van der Waals surface area contributed by atoms with E-state index in [0.717, 1.165) is 0 Å². The van der Waals surface area contributed by atoms with Gasteiger partial charge >= 0.3 is 0 Å². The maximum absolute atomic E-state index is 5.21. The summed E-state index contributed by atoms with van der Waals surface area (Å²) in [7, 11) is 1.65. The van der Waals surface area contributed by atoms with Crippen LogP contribution in [0.4, 0.5) is 0 Å². The molecule has 2 N–H and O–H groups in total. The van der Waals surface area contributed by atoms with E-state index in [-0.39, 0.29) is 1.43 Å². The first-order valence-corrected chi connectivity index (χ1v) is 3.76. The molecule has 11 heavy (non-hydrogen) atoms. The van der Waals surface area contributed by atoms with Gasteiger partial charge in [0.05, 0.1) is 33.0 Å². The highest BCUT2D eigenvalue weighted by atomic mass is 16.5. The van der Waals surface area contributed by atoms with Crippen LogP contribution in [0.3, 0.4) is 0 Å². The van der Waals surface area contributed by atoms with Gasteiger partial charge in [0.25, 0.3) is 0 Å². The van der Waals surface area contributed by atoms with Gasteiger partial charge in [-0.15, -0.1) is 0 Å². The number of ether oxygens (including phenoxy) is 3. The summed E-state index contributed by atoms with van der Waals surface area (Å²) >= 11 is 0. The molecule has 0 atom stereocenters. The fraction of sp³-hybridized carbons (Fsp3) is 1.00. The quantitative estimate of drug-likeness (QED) is 0.509. The molecule has 0 amide bonds. The van der Waals surface area contributed by atoms with Crippen LogP contribution in [-0.4, -0.2) is 46.7 Å². The lowest BCUT2D eigenvalue weighted by molar-refractivity contribution is 0.0267. The van der Waals surface area contributed by atoms with Crippen LogP contribution in [0, 0.1) is 0 Å². The van der Waals surface area contributed by atoms with E-state index in [2.05, 4.69) is 0 Å². The Balaban J connectivity index is 0. The van der Waals surface area contributed by atoms with Gasteiger partial charge in [0.15, 0.2) is 0 Å². The van der Waals surface area contributed by atoms with Crippen LogP contribution in [0.25, 0.3) is 0 Å². The fourth-order valence-corrected chi connectivity index (χ4v) is 0.548. The second kappa shape index (κ2) is 9.84. The number of hydrogen-bond donors (Lipinski definition) is 1. The van der Waals surface area contributed by atoms with Crippen molar-refractivity contribution in [3.63, 3.8) is 0 Å². The first-order valence-electron chi connectivity index (χ1n) is 3.76. The van der Waals surface area contributed by atoms with Gasteiger partial charge in [0.1, 0.15) is 0 Å². The lowest BCUT2D eigenvalue weighted by Gasteiger charge is -2.03. The minimum Gasteiger partial charge on any atom is -0.382 e. The zero-order valence-corrected chi connectivity index (χ0v) is 7.04. The smallest absolute Gasteiger partial charge is 0.0701 e. The minimum absolute atomic E-state index is 0. The van der Waals surface area contributed by atoms with Gasteiger partial charge in [0, 0.05) is 15.1 Å². The molecular weight excluding hydrogens is 146 g/mol. The first-order chi connectivity index (χ1) is 5.41. The summed E-state index contributed by atoms with van der Waals surface area (Å²) in [6.45, 7) is 3.66. The lowest BCUT2D eigenvalue weighted by Crippen LogP contribution is -2.13. The van der Waals surface area contributed by atoms with Crippen molar-refractivity contribution in [2.75, 3.05) is 46.7 Å². The molecule has 4 nitrogen and oxygen atoms in total. The summed E-state index contributed by atoms with van der Waals surface area (Å²) in [5.41, 5.74) is 5.21.